The van der Waals surface area contributed by atoms with Gasteiger partial charge in [-0.15, -0.1) is 0 Å². The second-order valence-electron chi connectivity index (χ2n) is 5.84. The third-order valence-corrected chi connectivity index (χ3v) is 3.66. The molecular formula is C19H27ClFN3O2. The van der Waals surface area contributed by atoms with Gasteiger partial charge >= 0.3 is 0 Å². The van der Waals surface area contributed by atoms with Gasteiger partial charge in [0.2, 0.25) is 5.91 Å². The standard InChI is InChI=1S/C19H27ClFN3O2/c1-19(2,3)23-17(25)12-24-6-4-13(5-7-24)11-22-18(26)14-8-15(20)10-16(21)9-14/h8-10,13H,4-7,11-12H2,1-3H3,(H,22,26)(H,23,25)/i1D3,2D3,3D3,6D2,7D2. The van der Waals surface area contributed by atoms with E-state index in [-0.39, 0.29) is 17.1 Å². The lowest BCUT2D eigenvalue weighted by molar-refractivity contribution is -0.124. The lowest BCUT2D eigenvalue weighted by Gasteiger charge is -2.32. The number of nitrogens with one attached hydrogen (secondary N) is 2. The molecule has 1 aromatic carbocycles. The van der Waals surface area contributed by atoms with E-state index in [0.29, 0.717) is 4.90 Å². The van der Waals surface area contributed by atoms with Crippen molar-refractivity contribution >= 4 is 23.4 Å². The van der Waals surface area contributed by atoms with E-state index in [1.54, 1.807) is 5.32 Å². The maximum Gasteiger partial charge on any atom is 0.251 e. The Morgan fingerprint density at radius 1 is 1.35 bits per heavy atom. The van der Waals surface area contributed by atoms with Crippen molar-refractivity contribution in [2.24, 2.45) is 5.92 Å². The van der Waals surface area contributed by atoms with Gasteiger partial charge in [0.1, 0.15) is 5.82 Å². The molecule has 5 nitrogen and oxygen atoms in total. The number of hydrogen-bond acceptors (Lipinski definition) is 3. The first-order valence-electron chi connectivity index (χ1n) is 14.2. The number of benzene rings is 1. The summed E-state index contributed by atoms with van der Waals surface area (Å²) in [5, 5.41) is 3.98. The van der Waals surface area contributed by atoms with Gasteiger partial charge in [-0.3, -0.25) is 14.5 Å². The zero-order valence-corrected chi connectivity index (χ0v) is 14.4. The molecule has 0 saturated carbocycles. The first-order chi connectivity index (χ1) is 17.3. The zero-order chi connectivity index (χ0) is 30.4. The molecule has 144 valence electrons. The highest BCUT2D eigenvalue weighted by atomic mass is 35.5. The number of carbonyl (C=O) groups is 2. The zero-order valence-electron chi connectivity index (χ0n) is 26.7. The Hall–Kier alpha value is -1.66. The molecule has 2 N–H and O–H groups in total. The van der Waals surface area contributed by atoms with E-state index in [2.05, 4.69) is 5.32 Å². The van der Waals surface area contributed by atoms with Crippen LogP contribution >= 0.6 is 11.6 Å². The number of amides is 2. The number of nitrogens with zero attached hydrogens (tertiary/aromatic N) is 1. The van der Waals surface area contributed by atoms with E-state index >= 15 is 0 Å². The van der Waals surface area contributed by atoms with Crippen molar-refractivity contribution in [2.75, 3.05) is 26.1 Å². The van der Waals surface area contributed by atoms with E-state index in [9.17, 15) is 14.0 Å². The number of carbonyl (C=O) groups excluding carboxylic acids is 2. The van der Waals surface area contributed by atoms with Gasteiger partial charge < -0.3 is 10.6 Å². The topological polar surface area (TPSA) is 61.4 Å². The lowest BCUT2D eigenvalue weighted by atomic mass is 9.96. The Labute approximate surface area is 177 Å². The van der Waals surface area contributed by atoms with Crippen LogP contribution in [0.4, 0.5) is 4.39 Å². The van der Waals surface area contributed by atoms with E-state index < -0.39 is 82.0 Å². The van der Waals surface area contributed by atoms with Gasteiger partial charge in [0.15, 0.2) is 0 Å². The van der Waals surface area contributed by atoms with Gasteiger partial charge in [-0.1, -0.05) is 11.6 Å². The fraction of sp³-hybridized carbons (Fsp3) is 0.579. The average Bonchev–Trinajstić information content (AvgIpc) is 2.68. The molecule has 1 saturated heterocycles. The summed E-state index contributed by atoms with van der Waals surface area (Å²) < 4.78 is 115. The van der Waals surface area contributed by atoms with E-state index in [1.807, 2.05) is 0 Å². The van der Waals surface area contributed by atoms with E-state index in [1.165, 1.54) is 6.07 Å². The molecular weight excluding hydrogens is 357 g/mol. The van der Waals surface area contributed by atoms with Crippen molar-refractivity contribution in [3.8, 4) is 0 Å². The molecule has 1 heterocycles. The van der Waals surface area contributed by atoms with Gasteiger partial charge in [0.05, 0.1) is 6.54 Å². The van der Waals surface area contributed by atoms with Gasteiger partial charge in [-0.2, -0.15) is 0 Å². The number of halogens is 2. The van der Waals surface area contributed by atoms with Crippen LogP contribution in [0, 0.1) is 11.7 Å². The summed E-state index contributed by atoms with van der Waals surface area (Å²) in [6, 6.07) is 3.13. The minimum Gasteiger partial charge on any atom is -0.352 e. The molecule has 2 amide bonds. The molecule has 0 radical (unpaired) electrons. The first kappa shape index (κ1) is 9.02. The largest absolute Gasteiger partial charge is 0.352 e. The highest BCUT2D eigenvalue weighted by Gasteiger charge is 2.23. The summed E-state index contributed by atoms with van der Waals surface area (Å²) in [6.45, 7) is -17.8. The Morgan fingerprint density at radius 3 is 2.65 bits per heavy atom. The number of piperidine rings is 1. The highest BCUT2D eigenvalue weighted by molar-refractivity contribution is 6.31. The van der Waals surface area contributed by atoms with Gasteiger partial charge in [-0.25, -0.2) is 4.39 Å². The molecule has 2 rings (SSSR count). The molecule has 1 aliphatic heterocycles. The molecule has 26 heavy (non-hydrogen) atoms. The maximum absolute atomic E-state index is 13.5. The molecule has 0 aromatic heterocycles. The van der Waals surface area contributed by atoms with Crippen molar-refractivity contribution in [2.45, 2.75) is 38.9 Å². The molecule has 0 atom stereocenters. The van der Waals surface area contributed by atoms with Crippen molar-refractivity contribution in [1.29, 1.82) is 0 Å². The maximum atomic E-state index is 13.5. The Kier molecular flexibility index (Phi) is 3.06. The Balaban J connectivity index is 2.22. The molecule has 0 aliphatic carbocycles. The predicted molar refractivity (Wildman–Crippen MR) is 101 cm³/mol. The fourth-order valence-electron chi connectivity index (χ4n) is 2.28. The summed E-state index contributed by atoms with van der Waals surface area (Å²) >= 11 is 5.74. The van der Waals surface area contributed by atoms with Crippen LogP contribution < -0.4 is 10.6 Å². The van der Waals surface area contributed by atoms with Crippen LogP contribution in [0.25, 0.3) is 0 Å². The number of likely N-dealkylation sites (tertiary alicyclic amines) is 1. The van der Waals surface area contributed by atoms with E-state index in [4.69, 9.17) is 29.4 Å². The summed E-state index contributed by atoms with van der Waals surface area (Å²) in [4.78, 5) is 25.6. The third kappa shape index (κ3) is 6.92. The first-order valence-corrected chi connectivity index (χ1v) is 8.05. The monoisotopic (exact) mass is 396 g/mol. The third-order valence-electron chi connectivity index (χ3n) is 3.45. The normalized spacial score (nSPS) is 29.1. The second-order valence-corrected chi connectivity index (χ2v) is 6.28. The lowest BCUT2D eigenvalue weighted by Crippen LogP contribution is -2.48. The average molecular weight is 397 g/mol. The minimum absolute atomic E-state index is 0.0288. The van der Waals surface area contributed by atoms with Gasteiger partial charge in [-0.05, 0) is 70.5 Å². The van der Waals surface area contributed by atoms with Gasteiger partial charge in [0.25, 0.3) is 5.91 Å². The van der Waals surface area contributed by atoms with Crippen molar-refractivity contribution in [3.63, 3.8) is 0 Å². The van der Waals surface area contributed by atoms with Crippen LogP contribution in [0.15, 0.2) is 18.2 Å². The highest BCUT2D eigenvalue weighted by Crippen LogP contribution is 2.17. The van der Waals surface area contributed by atoms with Crippen molar-refractivity contribution in [3.05, 3.63) is 34.6 Å². The molecule has 1 fully saturated rings. The quantitative estimate of drug-likeness (QED) is 0.804. The molecule has 7 heteroatoms. The van der Waals surface area contributed by atoms with Crippen molar-refractivity contribution in [1.82, 2.24) is 15.5 Å². The summed E-state index contributed by atoms with van der Waals surface area (Å²) in [5.74, 6) is -3.84. The molecule has 0 unspecified atom stereocenters. The molecule has 0 spiro atoms. The van der Waals surface area contributed by atoms with Crippen LogP contribution in [-0.4, -0.2) is 48.3 Å². The SMILES string of the molecule is [2H]C1([2H])CC(CNC(=O)c2cc(F)cc(Cl)c2)CC([2H])([2H])N1CC(=O)NC(C([2H])([2H])[2H])(C([2H])([2H])[2H])C([2H])([2H])[2H]. The van der Waals surface area contributed by atoms with Crippen LogP contribution in [-0.2, 0) is 4.79 Å². The summed E-state index contributed by atoms with van der Waals surface area (Å²) in [5.41, 5.74) is -3.81. The number of rotatable bonds is 5. The Bertz CT molecular complexity index is 1020. The smallest absolute Gasteiger partial charge is 0.251 e. The molecule has 0 bridgehead atoms. The van der Waals surface area contributed by atoms with Crippen molar-refractivity contribution < 1.29 is 31.8 Å². The van der Waals surface area contributed by atoms with Crippen LogP contribution in [0.2, 0.25) is 5.02 Å². The van der Waals surface area contributed by atoms with Crippen LogP contribution in [0.1, 0.15) is 61.6 Å². The molecule has 1 aromatic rings. The van der Waals surface area contributed by atoms with Crippen LogP contribution in [0.3, 0.4) is 0 Å². The minimum atomic E-state index is -3.74. The van der Waals surface area contributed by atoms with Crippen LogP contribution in [0.5, 0.6) is 0 Å². The Morgan fingerprint density at radius 2 is 2.04 bits per heavy atom. The van der Waals surface area contributed by atoms with Gasteiger partial charge in [0, 0.05) is 40.5 Å². The van der Waals surface area contributed by atoms with E-state index in [0.717, 1.165) is 12.1 Å². The second kappa shape index (κ2) is 8.82. The number of hydrogen-bond donors (Lipinski definition) is 2. The summed E-state index contributed by atoms with van der Waals surface area (Å²) in [6.07, 6.45) is -0.847. The fourth-order valence-corrected chi connectivity index (χ4v) is 2.50. The molecule has 1 aliphatic rings. The predicted octanol–water partition coefficient (Wildman–Crippen LogP) is 2.84. The summed E-state index contributed by atoms with van der Waals surface area (Å²) in [7, 11) is 0.